The van der Waals surface area contributed by atoms with Crippen LogP contribution in [0.5, 0.6) is 0 Å². The molecule has 1 aliphatic rings. The Kier molecular flexibility index (Phi) is 5.41. The van der Waals surface area contributed by atoms with Crippen molar-refractivity contribution in [2.45, 2.75) is 44.6 Å². The van der Waals surface area contributed by atoms with Crippen LogP contribution in [0.25, 0.3) is 0 Å². The van der Waals surface area contributed by atoms with E-state index in [4.69, 9.17) is 5.73 Å². The predicted octanol–water partition coefficient (Wildman–Crippen LogP) is 3.24. The second kappa shape index (κ2) is 7.06. The fraction of sp³-hybridized carbons (Fsp3) is 0.647. The summed E-state index contributed by atoms with van der Waals surface area (Å²) in [5, 5.41) is 0. The summed E-state index contributed by atoms with van der Waals surface area (Å²) < 4.78 is 0. The summed E-state index contributed by atoms with van der Waals surface area (Å²) in [5.41, 5.74) is 7.39. The van der Waals surface area contributed by atoms with Gasteiger partial charge in [-0.25, -0.2) is 0 Å². The Balaban J connectivity index is 1.94. The third-order valence-corrected chi connectivity index (χ3v) is 4.67. The zero-order chi connectivity index (χ0) is 13.7. The van der Waals surface area contributed by atoms with E-state index in [2.05, 4.69) is 49.2 Å². The van der Waals surface area contributed by atoms with Crippen molar-refractivity contribution < 1.29 is 0 Å². The lowest BCUT2D eigenvalue weighted by atomic mass is 9.83. The van der Waals surface area contributed by atoms with Gasteiger partial charge in [0.2, 0.25) is 0 Å². The van der Waals surface area contributed by atoms with Crippen molar-refractivity contribution in [1.29, 1.82) is 0 Å². The number of nitrogens with zero attached hydrogens (tertiary/aromatic N) is 1. The van der Waals surface area contributed by atoms with E-state index in [9.17, 15) is 0 Å². The van der Waals surface area contributed by atoms with E-state index in [1.54, 1.807) is 0 Å². The van der Waals surface area contributed by atoms with Crippen LogP contribution in [-0.4, -0.2) is 31.1 Å². The molecule has 0 saturated heterocycles. The molecule has 106 valence electrons. The molecule has 19 heavy (non-hydrogen) atoms. The number of rotatable bonds is 5. The van der Waals surface area contributed by atoms with E-state index < -0.39 is 0 Å². The van der Waals surface area contributed by atoms with Crippen LogP contribution in [0.1, 0.15) is 44.1 Å². The first-order valence-corrected chi connectivity index (χ1v) is 7.67. The van der Waals surface area contributed by atoms with Crippen LogP contribution in [0.4, 0.5) is 0 Å². The molecule has 2 nitrogen and oxygen atoms in total. The van der Waals surface area contributed by atoms with Crippen molar-refractivity contribution in [1.82, 2.24) is 4.90 Å². The molecule has 1 fully saturated rings. The lowest BCUT2D eigenvalue weighted by Gasteiger charge is -2.38. The lowest BCUT2D eigenvalue weighted by molar-refractivity contribution is 0.128. The second-order valence-corrected chi connectivity index (χ2v) is 6.10. The van der Waals surface area contributed by atoms with Gasteiger partial charge >= 0.3 is 0 Å². The fourth-order valence-electron chi connectivity index (χ4n) is 3.50. The van der Waals surface area contributed by atoms with Gasteiger partial charge in [-0.05, 0) is 43.8 Å². The zero-order valence-electron chi connectivity index (χ0n) is 12.4. The van der Waals surface area contributed by atoms with Gasteiger partial charge in [-0.1, -0.05) is 50.1 Å². The Morgan fingerprint density at radius 2 is 1.89 bits per heavy atom. The minimum atomic E-state index is 0.589. The van der Waals surface area contributed by atoms with Crippen molar-refractivity contribution in [2.24, 2.45) is 11.7 Å². The monoisotopic (exact) mass is 260 g/mol. The highest BCUT2D eigenvalue weighted by Gasteiger charge is 2.27. The summed E-state index contributed by atoms with van der Waals surface area (Å²) in [5.74, 6) is 1.29. The van der Waals surface area contributed by atoms with Crippen molar-refractivity contribution in [3.63, 3.8) is 0 Å². The summed E-state index contributed by atoms with van der Waals surface area (Å²) in [4.78, 5) is 2.55. The molecule has 2 rings (SSSR count). The third-order valence-electron chi connectivity index (χ3n) is 4.67. The van der Waals surface area contributed by atoms with Gasteiger partial charge in [0.1, 0.15) is 0 Å². The Bertz CT molecular complexity index is 363. The first-order valence-electron chi connectivity index (χ1n) is 7.67. The van der Waals surface area contributed by atoms with Crippen LogP contribution >= 0.6 is 0 Å². The molecular weight excluding hydrogens is 232 g/mol. The van der Waals surface area contributed by atoms with E-state index in [1.165, 1.54) is 31.2 Å². The summed E-state index contributed by atoms with van der Waals surface area (Å²) in [7, 11) is 2.28. The van der Waals surface area contributed by atoms with Crippen molar-refractivity contribution in [3.8, 4) is 0 Å². The summed E-state index contributed by atoms with van der Waals surface area (Å²) >= 11 is 0. The van der Waals surface area contributed by atoms with Crippen LogP contribution in [0, 0.1) is 5.92 Å². The number of hydrogen-bond acceptors (Lipinski definition) is 2. The molecule has 1 aromatic rings. The van der Waals surface area contributed by atoms with Crippen LogP contribution in [0.3, 0.4) is 0 Å². The highest BCUT2D eigenvalue weighted by Crippen LogP contribution is 2.28. The van der Waals surface area contributed by atoms with E-state index in [0.717, 1.165) is 13.1 Å². The smallest absolute Gasteiger partial charge is 0.0133 e. The van der Waals surface area contributed by atoms with E-state index in [1.807, 2.05) is 0 Å². The molecule has 0 aliphatic heterocycles. The minimum Gasteiger partial charge on any atom is -0.330 e. The van der Waals surface area contributed by atoms with Gasteiger partial charge in [-0.15, -0.1) is 0 Å². The zero-order valence-corrected chi connectivity index (χ0v) is 12.4. The van der Waals surface area contributed by atoms with Crippen molar-refractivity contribution in [2.75, 3.05) is 20.1 Å². The van der Waals surface area contributed by atoms with Gasteiger partial charge in [0.15, 0.2) is 0 Å². The molecule has 3 atom stereocenters. The largest absolute Gasteiger partial charge is 0.330 e. The minimum absolute atomic E-state index is 0.589. The van der Waals surface area contributed by atoms with E-state index >= 15 is 0 Å². The van der Waals surface area contributed by atoms with Crippen LogP contribution < -0.4 is 5.73 Å². The normalized spacial score (nSPS) is 25.5. The van der Waals surface area contributed by atoms with Gasteiger partial charge in [0.05, 0.1) is 0 Å². The first kappa shape index (κ1) is 14.5. The molecule has 0 amide bonds. The number of nitrogens with two attached hydrogens (primary N) is 1. The summed E-state index contributed by atoms with van der Waals surface area (Å²) in [6.07, 6.45) is 5.36. The molecule has 2 N–H and O–H groups in total. The average Bonchev–Trinajstić information content (AvgIpc) is 2.48. The Hall–Kier alpha value is -0.860. The molecule has 0 radical (unpaired) electrons. The SMILES string of the molecule is CC(CN(C)C1CCCCC1CN)c1ccccc1. The lowest BCUT2D eigenvalue weighted by Crippen LogP contribution is -2.44. The highest BCUT2D eigenvalue weighted by atomic mass is 15.1. The Morgan fingerprint density at radius 3 is 2.58 bits per heavy atom. The molecule has 1 aliphatic carbocycles. The fourth-order valence-corrected chi connectivity index (χ4v) is 3.50. The first-order chi connectivity index (χ1) is 9.22. The molecule has 3 unspecified atom stereocenters. The maximum atomic E-state index is 5.95. The number of benzene rings is 1. The molecule has 0 spiro atoms. The Labute approximate surface area is 118 Å². The molecule has 0 bridgehead atoms. The number of likely N-dealkylation sites (N-methyl/N-ethyl adjacent to an activating group) is 1. The van der Waals surface area contributed by atoms with Crippen LogP contribution in [-0.2, 0) is 0 Å². The maximum absolute atomic E-state index is 5.95. The van der Waals surface area contributed by atoms with Gasteiger partial charge in [0, 0.05) is 12.6 Å². The van der Waals surface area contributed by atoms with Gasteiger partial charge < -0.3 is 10.6 Å². The van der Waals surface area contributed by atoms with Crippen LogP contribution in [0.15, 0.2) is 30.3 Å². The van der Waals surface area contributed by atoms with Gasteiger partial charge in [0.25, 0.3) is 0 Å². The number of hydrogen-bond donors (Lipinski definition) is 1. The predicted molar refractivity (Wildman–Crippen MR) is 82.3 cm³/mol. The van der Waals surface area contributed by atoms with E-state index in [-0.39, 0.29) is 0 Å². The topological polar surface area (TPSA) is 29.3 Å². The van der Waals surface area contributed by atoms with Crippen molar-refractivity contribution in [3.05, 3.63) is 35.9 Å². The molecule has 1 aromatic carbocycles. The quantitative estimate of drug-likeness (QED) is 0.880. The van der Waals surface area contributed by atoms with E-state index in [0.29, 0.717) is 17.9 Å². The molecule has 0 aromatic heterocycles. The summed E-state index contributed by atoms with van der Waals surface area (Å²) in [6, 6.07) is 11.5. The molecule has 1 saturated carbocycles. The molecular formula is C17H28N2. The maximum Gasteiger partial charge on any atom is 0.0133 e. The third kappa shape index (κ3) is 3.80. The Morgan fingerprint density at radius 1 is 1.21 bits per heavy atom. The van der Waals surface area contributed by atoms with Gasteiger partial charge in [-0.3, -0.25) is 0 Å². The highest BCUT2D eigenvalue weighted by molar-refractivity contribution is 5.19. The van der Waals surface area contributed by atoms with Gasteiger partial charge in [-0.2, -0.15) is 0 Å². The van der Waals surface area contributed by atoms with Crippen molar-refractivity contribution >= 4 is 0 Å². The average molecular weight is 260 g/mol. The summed E-state index contributed by atoms with van der Waals surface area (Å²) in [6.45, 7) is 4.30. The molecule has 0 heterocycles. The standard InChI is InChI=1S/C17H28N2/c1-14(15-8-4-3-5-9-15)13-19(2)17-11-7-6-10-16(17)12-18/h3-5,8-9,14,16-17H,6-7,10-13,18H2,1-2H3. The second-order valence-electron chi connectivity index (χ2n) is 6.10. The molecule has 2 heteroatoms. The van der Waals surface area contributed by atoms with Crippen LogP contribution in [0.2, 0.25) is 0 Å².